The average molecular weight is 699 g/mol. The van der Waals surface area contributed by atoms with Crippen LogP contribution in [-0.2, 0) is 9.59 Å². The van der Waals surface area contributed by atoms with E-state index in [4.69, 9.17) is 0 Å². The van der Waals surface area contributed by atoms with Crippen LogP contribution in [0, 0.1) is 0 Å². The van der Waals surface area contributed by atoms with Gasteiger partial charge in [-0.1, -0.05) is 0 Å². The normalized spacial score (nSPS) is 15.6. The molecular formula is C15H8Cl2F20N2O2. The highest BCUT2D eigenvalue weighted by Gasteiger charge is 2.89. The standard InChI is InChI=1S/C15H8Cl2F20N2O2/c16-14(34,35)12(30,31)10(26,27)8(22,23)6(18,19)4(40)38-2-1-3-39-5(41)7(20,21)9(24,25)11(28,29)13(32,33)15(17,36)37/h1-3H2,(H,38,40)(H,39,41). The molecule has 26 heteroatoms. The number of halogens is 22. The highest BCUT2D eigenvalue weighted by molar-refractivity contribution is 6.22. The molecule has 0 aromatic rings. The number of hydrogen-bond donors (Lipinski definition) is 2. The van der Waals surface area contributed by atoms with Crippen molar-refractivity contribution in [3.63, 3.8) is 0 Å². The van der Waals surface area contributed by atoms with Crippen molar-refractivity contribution in [1.82, 2.24) is 10.6 Å². The second kappa shape index (κ2) is 11.0. The maximum atomic E-state index is 13.5. The van der Waals surface area contributed by atoms with Crippen molar-refractivity contribution in [3.05, 3.63) is 0 Å². The molecule has 0 saturated heterocycles. The van der Waals surface area contributed by atoms with Gasteiger partial charge in [0.05, 0.1) is 0 Å². The van der Waals surface area contributed by atoms with Crippen molar-refractivity contribution in [2.45, 2.75) is 64.6 Å². The molecular weight excluding hydrogens is 691 g/mol. The number of nitrogens with one attached hydrogen (secondary N) is 2. The van der Waals surface area contributed by atoms with E-state index in [1.165, 1.54) is 0 Å². The molecule has 0 aromatic carbocycles. The van der Waals surface area contributed by atoms with Crippen molar-refractivity contribution in [2.75, 3.05) is 13.1 Å². The first-order chi connectivity index (χ1) is 17.5. The van der Waals surface area contributed by atoms with E-state index in [1.54, 1.807) is 0 Å². The van der Waals surface area contributed by atoms with Crippen LogP contribution in [0.25, 0.3) is 0 Å². The summed E-state index contributed by atoms with van der Waals surface area (Å²) in [7, 11) is 0. The Bertz CT molecular complexity index is 899. The third-order valence-electron chi connectivity index (χ3n) is 4.57. The first-order valence-corrected chi connectivity index (χ1v) is 10.0. The zero-order chi connectivity index (χ0) is 33.7. The third-order valence-corrected chi connectivity index (χ3v) is 5.05. The van der Waals surface area contributed by atoms with Crippen LogP contribution in [0.5, 0.6) is 0 Å². The van der Waals surface area contributed by atoms with Gasteiger partial charge in [-0.2, -0.15) is 87.8 Å². The molecule has 0 unspecified atom stereocenters. The van der Waals surface area contributed by atoms with Gasteiger partial charge in [-0.05, 0) is 29.6 Å². The molecule has 0 atom stereocenters. The van der Waals surface area contributed by atoms with Gasteiger partial charge in [0.15, 0.2) is 0 Å². The second-order valence-corrected chi connectivity index (χ2v) is 8.41. The summed E-state index contributed by atoms with van der Waals surface area (Å²) in [5.74, 6) is -66.9. The van der Waals surface area contributed by atoms with Crippen molar-refractivity contribution in [3.8, 4) is 0 Å². The number of hydrogen-bond acceptors (Lipinski definition) is 2. The third kappa shape index (κ3) is 6.12. The van der Waals surface area contributed by atoms with Gasteiger partial charge in [-0.3, -0.25) is 9.59 Å². The molecule has 4 nitrogen and oxygen atoms in total. The number of carbonyl (C=O) groups is 2. The lowest BCUT2D eigenvalue weighted by Crippen LogP contribution is -2.69. The molecule has 0 rings (SSSR count). The quantitative estimate of drug-likeness (QED) is 0.126. The van der Waals surface area contributed by atoms with Crippen LogP contribution >= 0.6 is 23.2 Å². The van der Waals surface area contributed by atoms with E-state index in [0.717, 1.165) is 0 Å². The predicted octanol–water partition coefficient (Wildman–Crippen LogP) is 6.35. The Morgan fingerprint density at radius 3 is 0.829 bits per heavy atom. The molecule has 0 radical (unpaired) electrons. The summed E-state index contributed by atoms with van der Waals surface area (Å²) in [6.45, 7) is -3.40. The zero-order valence-electron chi connectivity index (χ0n) is 18.3. The van der Waals surface area contributed by atoms with Gasteiger partial charge in [-0.15, -0.1) is 0 Å². The van der Waals surface area contributed by atoms with Gasteiger partial charge in [0.25, 0.3) is 11.8 Å². The predicted molar refractivity (Wildman–Crippen MR) is 91.8 cm³/mol. The molecule has 0 spiro atoms. The van der Waals surface area contributed by atoms with Gasteiger partial charge in [-0.25, -0.2) is 0 Å². The first-order valence-electron chi connectivity index (χ1n) is 9.27. The Kier molecular flexibility index (Phi) is 10.5. The second-order valence-electron chi connectivity index (χ2n) is 7.46. The summed E-state index contributed by atoms with van der Waals surface area (Å²) < 4.78 is 262. The van der Waals surface area contributed by atoms with E-state index in [0.29, 0.717) is 10.6 Å². The number of rotatable bonds is 14. The largest absolute Gasteiger partial charge is 0.393 e. The number of amides is 2. The van der Waals surface area contributed by atoms with Crippen LogP contribution in [0.4, 0.5) is 87.8 Å². The van der Waals surface area contributed by atoms with E-state index in [2.05, 4.69) is 23.2 Å². The number of carbonyl (C=O) groups excluding carboxylic acids is 2. The van der Waals surface area contributed by atoms with E-state index < -0.39 is 89.5 Å². The Morgan fingerprint density at radius 2 is 0.634 bits per heavy atom. The molecule has 0 saturated carbocycles. The maximum Gasteiger partial charge on any atom is 0.393 e. The molecule has 0 aliphatic carbocycles. The summed E-state index contributed by atoms with van der Waals surface area (Å²) in [5.41, 5.74) is 0. The van der Waals surface area contributed by atoms with Crippen molar-refractivity contribution >= 4 is 35.0 Å². The van der Waals surface area contributed by atoms with E-state index >= 15 is 0 Å². The zero-order valence-corrected chi connectivity index (χ0v) is 19.8. The van der Waals surface area contributed by atoms with Crippen LogP contribution in [0.3, 0.4) is 0 Å². The Balaban J connectivity index is 5.50. The molecule has 0 bridgehead atoms. The minimum absolute atomic E-state index is 0.523. The summed E-state index contributed by atoms with van der Waals surface area (Å²) >= 11 is 7.04. The highest BCUT2D eigenvalue weighted by Crippen LogP contribution is 2.59. The molecule has 0 heterocycles. The van der Waals surface area contributed by atoms with Crippen molar-refractivity contribution in [2.24, 2.45) is 0 Å². The molecule has 0 aromatic heterocycles. The van der Waals surface area contributed by atoms with E-state index in [-0.39, 0.29) is 0 Å². The smallest absolute Gasteiger partial charge is 0.351 e. The fourth-order valence-electron chi connectivity index (χ4n) is 2.14. The lowest BCUT2D eigenvalue weighted by molar-refractivity contribution is -0.382. The molecule has 2 N–H and O–H groups in total. The monoisotopic (exact) mass is 698 g/mol. The van der Waals surface area contributed by atoms with Crippen LogP contribution in [-0.4, -0.2) is 83.0 Å². The fraction of sp³-hybridized carbons (Fsp3) is 0.867. The van der Waals surface area contributed by atoms with E-state index in [1.807, 2.05) is 0 Å². The van der Waals surface area contributed by atoms with Gasteiger partial charge in [0.1, 0.15) is 0 Å². The topological polar surface area (TPSA) is 58.2 Å². The summed E-state index contributed by atoms with van der Waals surface area (Å²) in [4.78, 5) is 22.3. The number of alkyl halides is 22. The first kappa shape index (κ1) is 39.1. The molecule has 0 fully saturated rings. The minimum Gasteiger partial charge on any atom is -0.351 e. The lowest BCUT2D eigenvalue weighted by atomic mass is 9.98. The molecule has 0 aliphatic heterocycles. The van der Waals surface area contributed by atoms with Crippen LogP contribution in [0.2, 0.25) is 0 Å². The van der Waals surface area contributed by atoms with Gasteiger partial charge in [0.2, 0.25) is 0 Å². The lowest BCUT2D eigenvalue weighted by Gasteiger charge is -2.37. The average Bonchev–Trinajstić information content (AvgIpc) is 2.75. The van der Waals surface area contributed by atoms with Gasteiger partial charge >= 0.3 is 58.1 Å². The van der Waals surface area contributed by atoms with Crippen LogP contribution in [0.1, 0.15) is 6.42 Å². The highest BCUT2D eigenvalue weighted by atomic mass is 35.5. The molecule has 2 amide bonds. The fourth-order valence-corrected chi connectivity index (χ4v) is 2.38. The summed E-state index contributed by atoms with van der Waals surface area (Å²) in [5, 5.41) is -12.1. The molecule has 244 valence electrons. The van der Waals surface area contributed by atoms with Crippen LogP contribution < -0.4 is 10.6 Å². The Morgan fingerprint density at radius 1 is 0.415 bits per heavy atom. The van der Waals surface area contributed by atoms with Crippen molar-refractivity contribution < 1.29 is 97.4 Å². The van der Waals surface area contributed by atoms with Gasteiger partial charge < -0.3 is 10.6 Å². The Labute approximate surface area is 221 Å². The van der Waals surface area contributed by atoms with Gasteiger partial charge in [0, 0.05) is 13.1 Å². The van der Waals surface area contributed by atoms with Crippen molar-refractivity contribution in [1.29, 1.82) is 0 Å². The minimum atomic E-state index is -7.75. The summed E-state index contributed by atoms with van der Waals surface area (Å²) in [6.07, 6.45) is -1.42. The van der Waals surface area contributed by atoms with E-state index in [9.17, 15) is 97.4 Å². The summed E-state index contributed by atoms with van der Waals surface area (Å²) in [6, 6.07) is 0. The molecule has 41 heavy (non-hydrogen) atoms. The van der Waals surface area contributed by atoms with Crippen LogP contribution in [0.15, 0.2) is 0 Å². The maximum absolute atomic E-state index is 13.5. The Hall–Kier alpha value is -1.88. The SMILES string of the molecule is O=C(NCCCNC(=O)C(F)(F)C(F)(F)C(F)(F)C(F)(F)C(F)(F)Cl)C(F)(F)C(F)(F)C(F)(F)C(F)(F)C(F)(F)Cl. The molecule has 0 aliphatic rings.